The average molecular weight is 587 g/mol. The van der Waals surface area contributed by atoms with E-state index in [1.54, 1.807) is 0 Å². The van der Waals surface area contributed by atoms with Gasteiger partial charge in [-0.05, 0) is 150 Å². The smallest absolute Gasteiger partial charge is 0.0434 e. The summed E-state index contributed by atoms with van der Waals surface area (Å²) >= 11 is 3.85. The van der Waals surface area contributed by atoms with E-state index < -0.39 is 0 Å². The van der Waals surface area contributed by atoms with Crippen molar-refractivity contribution in [1.29, 1.82) is 0 Å². The van der Waals surface area contributed by atoms with Crippen LogP contribution in [0.2, 0.25) is 0 Å². The molecule has 0 nitrogen and oxygen atoms in total. The van der Waals surface area contributed by atoms with Crippen LogP contribution < -0.4 is 0 Å². The topological polar surface area (TPSA) is 0 Å². The molecule has 0 saturated carbocycles. The zero-order valence-electron chi connectivity index (χ0n) is 24.8. The Bertz CT molecular complexity index is 2290. The van der Waals surface area contributed by atoms with Gasteiger partial charge in [0.1, 0.15) is 0 Å². The van der Waals surface area contributed by atoms with Crippen LogP contribution in [0.1, 0.15) is 33.4 Å². The first kappa shape index (κ1) is 25.3. The number of hydrogen-bond acceptors (Lipinski definition) is 2. The lowest BCUT2D eigenvalue weighted by atomic mass is 9.94. The minimum Gasteiger partial charge on any atom is -0.135 e. The van der Waals surface area contributed by atoms with Crippen molar-refractivity contribution in [3.8, 4) is 33.4 Å². The van der Waals surface area contributed by atoms with E-state index in [4.69, 9.17) is 0 Å². The Morgan fingerprint density at radius 1 is 0.395 bits per heavy atom. The van der Waals surface area contributed by atoms with Crippen LogP contribution in [0.15, 0.2) is 97.1 Å². The van der Waals surface area contributed by atoms with E-state index in [0.717, 1.165) is 6.42 Å². The van der Waals surface area contributed by atoms with Crippen LogP contribution in [0.4, 0.5) is 0 Å². The van der Waals surface area contributed by atoms with Crippen molar-refractivity contribution in [1.82, 2.24) is 0 Å². The molecule has 1 aliphatic rings. The molecule has 0 spiro atoms. The fraction of sp³-hybridized carbons (Fsp3) is 0.122. The maximum atomic E-state index is 2.46. The summed E-state index contributed by atoms with van der Waals surface area (Å²) in [4.78, 5) is 0. The molecule has 206 valence electrons. The molecule has 0 unspecified atom stereocenters. The molecule has 0 radical (unpaired) electrons. The summed E-state index contributed by atoms with van der Waals surface area (Å²) in [5.74, 6) is 0. The maximum absolute atomic E-state index is 2.46. The molecule has 2 aromatic heterocycles. The second-order valence-corrected chi connectivity index (χ2v) is 14.6. The van der Waals surface area contributed by atoms with Gasteiger partial charge < -0.3 is 0 Å². The van der Waals surface area contributed by atoms with Gasteiger partial charge >= 0.3 is 0 Å². The lowest BCUT2D eigenvalue weighted by molar-refractivity contribution is 1.26. The van der Waals surface area contributed by atoms with Gasteiger partial charge in [-0.3, -0.25) is 0 Å². The lowest BCUT2D eigenvalue weighted by Crippen LogP contribution is -1.86. The molecule has 0 bridgehead atoms. The van der Waals surface area contributed by atoms with E-state index in [0.29, 0.717) is 0 Å². The highest BCUT2D eigenvalue weighted by Gasteiger charge is 2.22. The van der Waals surface area contributed by atoms with Gasteiger partial charge in [-0.25, -0.2) is 0 Å². The Morgan fingerprint density at radius 2 is 0.837 bits per heavy atom. The van der Waals surface area contributed by atoms with Crippen LogP contribution in [0.25, 0.3) is 73.7 Å². The van der Waals surface area contributed by atoms with Gasteiger partial charge in [0.2, 0.25) is 0 Å². The van der Waals surface area contributed by atoms with Gasteiger partial charge in [0, 0.05) is 40.3 Å². The first-order chi connectivity index (χ1) is 20.9. The molecule has 0 aliphatic heterocycles. The third kappa shape index (κ3) is 3.87. The second kappa shape index (κ2) is 9.13. The summed E-state index contributed by atoms with van der Waals surface area (Å²) in [7, 11) is 0. The minimum absolute atomic E-state index is 1.00. The molecule has 0 atom stereocenters. The van der Waals surface area contributed by atoms with Crippen LogP contribution >= 0.6 is 22.7 Å². The van der Waals surface area contributed by atoms with Crippen LogP contribution in [-0.2, 0) is 6.42 Å². The van der Waals surface area contributed by atoms with Crippen molar-refractivity contribution in [3.05, 3.63) is 130 Å². The standard InChI is InChI=1S/C41H30S2/c1-22-5-11-38-34(13-22)36-17-24(3)15-32(40(36)42-38)28-9-7-26-19-27-8-10-29(21-31(27)30(26)20-28)33-16-25(4)18-37-35-14-23(2)6-12-39(35)43-41(33)37/h5-18,20-21H,19H2,1-4H3. The molecular weight excluding hydrogens is 557 g/mol. The fourth-order valence-electron chi connectivity index (χ4n) is 7.20. The fourth-order valence-corrected chi connectivity index (χ4v) is 9.61. The van der Waals surface area contributed by atoms with Gasteiger partial charge in [-0.1, -0.05) is 47.5 Å². The predicted molar refractivity (Wildman–Crippen MR) is 190 cm³/mol. The molecular formula is C41H30S2. The molecule has 0 saturated heterocycles. The monoisotopic (exact) mass is 586 g/mol. The third-order valence-electron chi connectivity index (χ3n) is 9.25. The van der Waals surface area contributed by atoms with E-state index in [1.165, 1.54) is 107 Å². The van der Waals surface area contributed by atoms with Crippen LogP contribution in [0.3, 0.4) is 0 Å². The molecule has 0 fully saturated rings. The average Bonchev–Trinajstić information content (AvgIpc) is 3.67. The Labute approximate surface area is 259 Å². The van der Waals surface area contributed by atoms with Gasteiger partial charge in [-0.2, -0.15) is 0 Å². The van der Waals surface area contributed by atoms with E-state index >= 15 is 0 Å². The number of hydrogen-bond donors (Lipinski definition) is 0. The highest BCUT2D eigenvalue weighted by molar-refractivity contribution is 7.26. The van der Waals surface area contributed by atoms with Crippen molar-refractivity contribution in [2.75, 3.05) is 0 Å². The number of benzene rings is 6. The molecule has 0 amide bonds. The number of aryl methyl sites for hydroxylation is 4. The molecule has 6 aromatic carbocycles. The van der Waals surface area contributed by atoms with E-state index in [9.17, 15) is 0 Å². The first-order valence-corrected chi connectivity index (χ1v) is 16.7. The summed E-state index contributed by atoms with van der Waals surface area (Å²) in [5, 5.41) is 5.51. The zero-order chi connectivity index (χ0) is 29.0. The van der Waals surface area contributed by atoms with Crippen LogP contribution in [-0.4, -0.2) is 0 Å². The summed E-state index contributed by atoms with van der Waals surface area (Å²) in [5.41, 5.74) is 16.2. The summed E-state index contributed by atoms with van der Waals surface area (Å²) in [6, 6.07) is 37.6. The summed E-state index contributed by atoms with van der Waals surface area (Å²) in [6.45, 7) is 8.84. The predicted octanol–water partition coefficient (Wildman–Crippen LogP) is 12.6. The van der Waals surface area contributed by atoms with E-state index in [2.05, 4.69) is 125 Å². The molecule has 8 aromatic rings. The van der Waals surface area contributed by atoms with Crippen molar-refractivity contribution >= 4 is 63.0 Å². The molecule has 43 heavy (non-hydrogen) atoms. The first-order valence-electron chi connectivity index (χ1n) is 15.0. The van der Waals surface area contributed by atoms with Gasteiger partial charge in [-0.15, -0.1) is 22.7 Å². The Hall–Kier alpha value is -4.24. The lowest BCUT2D eigenvalue weighted by Gasteiger charge is -2.11. The normalized spacial score (nSPS) is 12.6. The van der Waals surface area contributed by atoms with Crippen molar-refractivity contribution in [3.63, 3.8) is 0 Å². The second-order valence-electron chi connectivity index (χ2n) is 12.5. The summed E-state index contributed by atoms with van der Waals surface area (Å²) < 4.78 is 5.51. The quantitative estimate of drug-likeness (QED) is 0.189. The molecule has 2 heteroatoms. The molecule has 0 N–H and O–H groups in total. The SMILES string of the molecule is Cc1ccc2sc3c(-c4ccc5c(c4)-c4cc(-c6cc(C)cc7c6sc6ccc(C)cc67)ccc4C5)cc(C)cc3c2c1. The molecule has 9 rings (SSSR count). The van der Waals surface area contributed by atoms with Crippen molar-refractivity contribution in [2.24, 2.45) is 0 Å². The third-order valence-corrected chi connectivity index (χ3v) is 11.7. The van der Waals surface area contributed by atoms with Crippen molar-refractivity contribution < 1.29 is 0 Å². The van der Waals surface area contributed by atoms with Gasteiger partial charge in [0.05, 0.1) is 0 Å². The number of rotatable bonds is 2. The Kier molecular flexibility index (Phi) is 5.37. The molecule has 2 heterocycles. The highest BCUT2D eigenvalue weighted by atomic mass is 32.1. The zero-order valence-corrected chi connectivity index (χ0v) is 26.4. The minimum atomic E-state index is 1.00. The number of thiophene rings is 2. The van der Waals surface area contributed by atoms with E-state index in [-0.39, 0.29) is 0 Å². The van der Waals surface area contributed by atoms with E-state index in [1.807, 2.05) is 22.7 Å². The number of fused-ring (bicyclic) bond motifs is 9. The molecule has 1 aliphatic carbocycles. The Balaban J connectivity index is 1.22. The largest absolute Gasteiger partial charge is 0.135 e. The highest BCUT2D eigenvalue weighted by Crippen LogP contribution is 2.46. The Morgan fingerprint density at radius 3 is 1.30 bits per heavy atom. The van der Waals surface area contributed by atoms with Crippen molar-refractivity contribution in [2.45, 2.75) is 34.1 Å². The van der Waals surface area contributed by atoms with Gasteiger partial charge in [0.25, 0.3) is 0 Å². The van der Waals surface area contributed by atoms with Crippen LogP contribution in [0, 0.1) is 27.7 Å². The maximum Gasteiger partial charge on any atom is 0.0434 e. The van der Waals surface area contributed by atoms with Gasteiger partial charge in [0.15, 0.2) is 0 Å². The van der Waals surface area contributed by atoms with Crippen LogP contribution in [0.5, 0.6) is 0 Å². The summed E-state index contributed by atoms with van der Waals surface area (Å²) in [6.07, 6.45) is 1.00.